The first kappa shape index (κ1) is 14.4. The number of rotatable bonds is 2. The van der Waals surface area contributed by atoms with Gasteiger partial charge in [-0.05, 0) is 12.3 Å². The molecule has 0 aliphatic rings. The molecule has 0 bridgehead atoms. The van der Waals surface area contributed by atoms with Gasteiger partial charge >= 0.3 is 0 Å². The minimum atomic E-state index is 0.133. The van der Waals surface area contributed by atoms with Crippen LogP contribution in [-0.4, -0.2) is 29.5 Å². The van der Waals surface area contributed by atoms with Crippen molar-refractivity contribution in [3.63, 3.8) is 0 Å². The van der Waals surface area contributed by atoms with Crippen molar-refractivity contribution < 1.29 is 0 Å². The second-order valence-electron chi connectivity index (χ2n) is 6.55. The summed E-state index contributed by atoms with van der Waals surface area (Å²) in [5, 5.41) is 0. The Balaban J connectivity index is 2.18. The molecule has 7 heteroatoms. The maximum Gasteiger partial charge on any atom is 0.164 e. The van der Waals surface area contributed by atoms with Gasteiger partial charge in [0.1, 0.15) is 28.5 Å². The number of aromatic nitrogens is 6. The van der Waals surface area contributed by atoms with Crippen LogP contribution in [-0.2, 0) is 6.54 Å². The van der Waals surface area contributed by atoms with E-state index in [1.807, 2.05) is 6.92 Å². The highest BCUT2D eigenvalue weighted by atomic mass is 15.1. The lowest BCUT2D eigenvalue weighted by Crippen LogP contribution is -2.15. The number of imidazole rings is 1. The van der Waals surface area contributed by atoms with Crippen LogP contribution in [0.5, 0.6) is 0 Å². The topological polar surface area (TPSA) is 95.4 Å². The van der Waals surface area contributed by atoms with E-state index < -0.39 is 0 Å². The lowest BCUT2D eigenvalue weighted by atomic mass is 9.97. The summed E-state index contributed by atoms with van der Waals surface area (Å²) in [6, 6.07) is 0. The third-order valence-corrected chi connectivity index (χ3v) is 3.13. The zero-order chi connectivity index (χ0) is 15.9. The van der Waals surface area contributed by atoms with Gasteiger partial charge in [-0.2, -0.15) is 0 Å². The van der Waals surface area contributed by atoms with Gasteiger partial charge in [0, 0.05) is 6.54 Å². The molecular weight excluding hydrogens is 278 g/mol. The molecule has 0 fully saturated rings. The van der Waals surface area contributed by atoms with Crippen molar-refractivity contribution in [2.75, 3.05) is 5.73 Å². The number of nitrogens with two attached hydrogens (primary N) is 1. The molecule has 0 atom stereocenters. The fourth-order valence-electron chi connectivity index (χ4n) is 2.32. The maximum atomic E-state index is 5.59. The first-order valence-electron chi connectivity index (χ1n) is 7.11. The van der Waals surface area contributed by atoms with Crippen LogP contribution in [0, 0.1) is 12.3 Å². The van der Waals surface area contributed by atoms with Crippen molar-refractivity contribution in [2.45, 2.75) is 34.2 Å². The second kappa shape index (κ2) is 5.01. The molecule has 22 heavy (non-hydrogen) atoms. The van der Waals surface area contributed by atoms with Crippen LogP contribution in [0.1, 0.15) is 26.6 Å². The lowest BCUT2D eigenvalue weighted by Gasteiger charge is -2.18. The summed E-state index contributed by atoms with van der Waals surface area (Å²) in [6.45, 7) is 9.23. The monoisotopic (exact) mass is 297 g/mol. The van der Waals surface area contributed by atoms with E-state index in [-0.39, 0.29) is 5.41 Å². The van der Waals surface area contributed by atoms with Crippen molar-refractivity contribution in [1.82, 2.24) is 29.5 Å². The Bertz CT molecular complexity index is 812. The van der Waals surface area contributed by atoms with E-state index in [1.165, 1.54) is 6.20 Å². The van der Waals surface area contributed by atoms with Gasteiger partial charge in [0.15, 0.2) is 5.65 Å². The van der Waals surface area contributed by atoms with E-state index in [1.54, 1.807) is 12.5 Å². The molecule has 3 rings (SSSR count). The number of fused-ring (bicyclic) bond motifs is 1. The number of aryl methyl sites for hydroxylation is 1. The van der Waals surface area contributed by atoms with Crippen molar-refractivity contribution >= 4 is 17.0 Å². The lowest BCUT2D eigenvalue weighted by molar-refractivity contribution is 0.347. The molecule has 3 aromatic rings. The highest BCUT2D eigenvalue weighted by molar-refractivity contribution is 5.85. The van der Waals surface area contributed by atoms with Crippen LogP contribution in [0.15, 0.2) is 18.7 Å². The average molecular weight is 297 g/mol. The Morgan fingerprint density at radius 1 is 1.09 bits per heavy atom. The highest BCUT2D eigenvalue weighted by Gasteiger charge is 2.18. The molecule has 2 N–H and O–H groups in total. The zero-order valence-corrected chi connectivity index (χ0v) is 13.2. The van der Waals surface area contributed by atoms with Crippen molar-refractivity contribution in [1.29, 1.82) is 0 Å². The number of hydrogen-bond donors (Lipinski definition) is 1. The summed E-state index contributed by atoms with van der Waals surface area (Å²) >= 11 is 0. The van der Waals surface area contributed by atoms with Crippen LogP contribution < -0.4 is 5.73 Å². The van der Waals surface area contributed by atoms with E-state index in [0.29, 0.717) is 23.0 Å². The van der Waals surface area contributed by atoms with E-state index in [0.717, 1.165) is 17.7 Å². The molecule has 0 radical (unpaired) electrons. The summed E-state index contributed by atoms with van der Waals surface area (Å²) in [5.74, 6) is 1.06. The van der Waals surface area contributed by atoms with E-state index in [4.69, 9.17) is 5.73 Å². The fraction of sp³-hybridized carbons (Fsp3) is 0.400. The fourth-order valence-corrected chi connectivity index (χ4v) is 2.32. The number of anilines is 1. The summed E-state index contributed by atoms with van der Waals surface area (Å²) in [5.41, 5.74) is 8.60. The minimum Gasteiger partial charge on any atom is -0.382 e. The molecule has 0 aliphatic heterocycles. The van der Waals surface area contributed by atoms with Gasteiger partial charge in [-0.1, -0.05) is 20.8 Å². The SMILES string of the molecule is Cc1nc(-c2cnc(N)cn2)c2ncn(CC(C)(C)C)c2n1. The predicted molar refractivity (Wildman–Crippen MR) is 85.0 cm³/mol. The molecule has 0 amide bonds. The Hall–Kier alpha value is -2.57. The van der Waals surface area contributed by atoms with Crippen molar-refractivity contribution in [2.24, 2.45) is 5.41 Å². The van der Waals surface area contributed by atoms with E-state index >= 15 is 0 Å². The van der Waals surface area contributed by atoms with Gasteiger partial charge in [-0.25, -0.2) is 24.9 Å². The summed E-state index contributed by atoms with van der Waals surface area (Å²) in [4.78, 5) is 21.9. The first-order chi connectivity index (χ1) is 10.3. The van der Waals surface area contributed by atoms with E-state index in [2.05, 4.69) is 50.3 Å². The van der Waals surface area contributed by atoms with Gasteiger partial charge in [0.2, 0.25) is 0 Å². The summed E-state index contributed by atoms with van der Waals surface area (Å²) in [7, 11) is 0. The molecule has 114 valence electrons. The van der Waals surface area contributed by atoms with Crippen LogP contribution in [0.3, 0.4) is 0 Å². The maximum absolute atomic E-state index is 5.59. The molecule has 0 spiro atoms. The van der Waals surface area contributed by atoms with Crippen LogP contribution >= 0.6 is 0 Å². The Kier molecular flexibility index (Phi) is 3.27. The Labute approximate surface area is 128 Å². The van der Waals surface area contributed by atoms with Crippen molar-refractivity contribution in [3.8, 4) is 11.4 Å². The van der Waals surface area contributed by atoms with Crippen LogP contribution in [0.25, 0.3) is 22.6 Å². The minimum absolute atomic E-state index is 0.133. The average Bonchev–Trinajstić information content (AvgIpc) is 2.80. The van der Waals surface area contributed by atoms with Gasteiger partial charge in [0.05, 0.1) is 18.7 Å². The Morgan fingerprint density at radius 3 is 2.50 bits per heavy atom. The molecule has 0 saturated heterocycles. The van der Waals surface area contributed by atoms with Gasteiger partial charge in [-0.15, -0.1) is 0 Å². The molecular formula is C15H19N7. The zero-order valence-electron chi connectivity index (χ0n) is 13.2. The number of nitrogen functional groups attached to an aromatic ring is 1. The van der Waals surface area contributed by atoms with Gasteiger partial charge < -0.3 is 10.3 Å². The predicted octanol–water partition coefficient (Wildman–Crippen LogP) is 2.22. The smallest absolute Gasteiger partial charge is 0.164 e. The van der Waals surface area contributed by atoms with Crippen molar-refractivity contribution in [3.05, 3.63) is 24.5 Å². The summed E-state index contributed by atoms with van der Waals surface area (Å²) in [6.07, 6.45) is 4.93. The third kappa shape index (κ3) is 2.74. The van der Waals surface area contributed by atoms with Crippen LogP contribution in [0.2, 0.25) is 0 Å². The molecule has 0 aromatic carbocycles. The van der Waals surface area contributed by atoms with Gasteiger partial charge in [-0.3, -0.25) is 0 Å². The van der Waals surface area contributed by atoms with E-state index in [9.17, 15) is 0 Å². The summed E-state index contributed by atoms with van der Waals surface area (Å²) < 4.78 is 2.05. The molecule has 0 saturated carbocycles. The highest BCUT2D eigenvalue weighted by Crippen LogP contribution is 2.25. The third-order valence-electron chi connectivity index (χ3n) is 3.13. The number of nitrogens with zero attached hydrogens (tertiary/aromatic N) is 6. The normalized spacial score (nSPS) is 12.0. The molecule has 0 unspecified atom stereocenters. The number of hydrogen-bond acceptors (Lipinski definition) is 6. The molecule has 0 aliphatic carbocycles. The molecule has 7 nitrogen and oxygen atoms in total. The van der Waals surface area contributed by atoms with Crippen LogP contribution in [0.4, 0.5) is 5.82 Å². The standard InChI is InChI=1S/C15H19N7/c1-9-20-12(10-5-18-11(16)6-17-10)13-14(21-9)22(8-19-13)7-15(2,3)4/h5-6,8H,7H2,1-4H3,(H2,16,18). The molecule has 3 heterocycles. The first-order valence-corrected chi connectivity index (χ1v) is 7.11. The largest absolute Gasteiger partial charge is 0.382 e. The van der Waals surface area contributed by atoms with Gasteiger partial charge in [0.25, 0.3) is 0 Å². The second-order valence-corrected chi connectivity index (χ2v) is 6.55. The quantitative estimate of drug-likeness (QED) is 0.779. The molecule has 3 aromatic heterocycles. The Morgan fingerprint density at radius 2 is 1.86 bits per heavy atom.